The molecule has 116 valence electrons. The summed E-state index contributed by atoms with van der Waals surface area (Å²) in [4.78, 5) is 12.4. The second-order valence-corrected chi connectivity index (χ2v) is 7.27. The van der Waals surface area contributed by atoms with Crippen molar-refractivity contribution in [1.29, 1.82) is 0 Å². The number of amides is 1. The smallest absolute Gasteiger partial charge is 0.243 e. The van der Waals surface area contributed by atoms with Gasteiger partial charge in [0.05, 0.1) is 4.90 Å². The number of hydrogen-bond acceptors (Lipinski definition) is 3. The van der Waals surface area contributed by atoms with Crippen LogP contribution in [0.5, 0.6) is 0 Å². The Morgan fingerprint density at radius 1 is 1.33 bits per heavy atom. The van der Waals surface area contributed by atoms with Gasteiger partial charge in [-0.25, -0.2) is 8.42 Å². The van der Waals surface area contributed by atoms with Crippen molar-refractivity contribution in [2.45, 2.75) is 44.0 Å². The molecular formula is C15H22N2O3S. The van der Waals surface area contributed by atoms with Gasteiger partial charge in [0.25, 0.3) is 0 Å². The third kappa shape index (κ3) is 3.44. The summed E-state index contributed by atoms with van der Waals surface area (Å²) in [5.41, 5.74) is 1.01. The van der Waals surface area contributed by atoms with E-state index >= 15 is 0 Å². The summed E-state index contributed by atoms with van der Waals surface area (Å²) < 4.78 is 26.7. The van der Waals surface area contributed by atoms with Gasteiger partial charge in [0.15, 0.2) is 0 Å². The van der Waals surface area contributed by atoms with Crippen molar-refractivity contribution in [1.82, 2.24) is 9.62 Å². The van der Waals surface area contributed by atoms with Gasteiger partial charge >= 0.3 is 0 Å². The highest BCUT2D eigenvalue weighted by molar-refractivity contribution is 7.89. The lowest BCUT2D eigenvalue weighted by Gasteiger charge is -2.23. The molecule has 1 aliphatic rings. The number of carbonyl (C=O) groups is 1. The van der Waals surface area contributed by atoms with Crippen LogP contribution in [0, 0.1) is 6.92 Å². The Hall–Kier alpha value is -1.40. The van der Waals surface area contributed by atoms with Gasteiger partial charge in [-0.05, 0) is 38.3 Å². The predicted octanol–water partition coefficient (Wildman–Crippen LogP) is 1.67. The van der Waals surface area contributed by atoms with Crippen LogP contribution >= 0.6 is 0 Å². The predicted molar refractivity (Wildman–Crippen MR) is 81.4 cm³/mol. The first-order valence-electron chi connectivity index (χ1n) is 7.33. The summed E-state index contributed by atoms with van der Waals surface area (Å²) in [6.45, 7) is 4.86. The average Bonchev–Trinajstić information content (AvgIpc) is 2.95. The van der Waals surface area contributed by atoms with E-state index in [1.54, 1.807) is 24.3 Å². The van der Waals surface area contributed by atoms with Gasteiger partial charge in [-0.3, -0.25) is 4.79 Å². The SMILES string of the molecule is CCCNC(=O)[C@@H]1CCCN1S(=O)(=O)c1ccc(C)cc1. The van der Waals surface area contributed by atoms with E-state index in [1.165, 1.54) is 4.31 Å². The zero-order valence-electron chi connectivity index (χ0n) is 12.5. The molecule has 0 unspecified atom stereocenters. The van der Waals surface area contributed by atoms with Gasteiger partial charge in [-0.1, -0.05) is 24.6 Å². The number of carbonyl (C=O) groups excluding carboxylic acids is 1. The van der Waals surface area contributed by atoms with Gasteiger partial charge in [-0.15, -0.1) is 0 Å². The molecule has 0 aliphatic carbocycles. The molecule has 2 rings (SSSR count). The van der Waals surface area contributed by atoms with Crippen molar-refractivity contribution in [2.75, 3.05) is 13.1 Å². The molecule has 1 aliphatic heterocycles. The van der Waals surface area contributed by atoms with E-state index in [4.69, 9.17) is 0 Å². The number of hydrogen-bond donors (Lipinski definition) is 1. The zero-order valence-corrected chi connectivity index (χ0v) is 13.3. The number of sulfonamides is 1. The highest BCUT2D eigenvalue weighted by Gasteiger charge is 2.39. The lowest BCUT2D eigenvalue weighted by Crippen LogP contribution is -2.46. The van der Waals surface area contributed by atoms with E-state index in [0.29, 0.717) is 19.5 Å². The van der Waals surface area contributed by atoms with Crippen LogP contribution in [0.4, 0.5) is 0 Å². The molecule has 1 fully saturated rings. The van der Waals surface area contributed by atoms with Gasteiger partial charge in [0.2, 0.25) is 15.9 Å². The van der Waals surface area contributed by atoms with Gasteiger partial charge < -0.3 is 5.32 Å². The van der Waals surface area contributed by atoms with Crippen molar-refractivity contribution < 1.29 is 13.2 Å². The van der Waals surface area contributed by atoms with Crippen molar-refractivity contribution in [3.63, 3.8) is 0 Å². The highest BCUT2D eigenvalue weighted by atomic mass is 32.2. The van der Waals surface area contributed by atoms with Crippen LogP contribution in [0.3, 0.4) is 0 Å². The molecule has 21 heavy (non-hydrogen) atoms. The summed E-state index contributed by atoms with van der Waals surface area (Å²) in [7, 11) is -3.60. The molecular weight excluding hydrogens is 288 g/mol. The van der Waals surface area contributed by atoms with E-state index in [-0.39, 0.29) is 10.8 Å². The monoisotopic (exact) mass is 310 g/mol. The fourth-order valence-corrected chi connectivity index (χ4v) is 4.16. The van der Waals surface area contributed by atoms with Crippen LogP contribution in [0.1, 0.15) is 31.7 Å². The van der Waals surface area contributed by atoms with Crippen LogP contribution in [0.2, 0.25) is 0 Å². The van der Waals surface area contributed by atoms with Gasteiger partial charge in [0.1, 0.15) is 6.04 Å². The minimum atomic E-state index is -3.60. The van der Waals surface area contributed by atoms with Crippen LogP contribution in [-0.4, -0.2) is 37.8 Å². The van der Waals surface area contributed by atoms with Crippen molar-refractivity contribution in [3.8, 4) is 0 Å². The maximum absolute atomic E-state index is 12.7. The summed E-state index contributed by atoms with van der Waals surface area (Å²) in [6, 6.07) is 6.17. The molecule has 5 nitrogen and oxygen atoms in total. The first-order chi connectivity index (χ1) is 9.96. The molecule has 0 bridgehead atoms. The summed E-state index contributed by atoms with van der Waals surface area (Å²) in [5.74, 6) is -0.190. The quantitative estimate of drug-likeness (QED) is 0.899. The summed E-state index contributed by atoms with van der Waals surface area (Å²) in [5, 5.41) is 2.79. The Labute approximate surface area is 126 Å². The maximum Gasteiger partial charge on any atom is 0.243 e. The van der Waals surface area contributed by atoms with Crippen LogP contribution in [0.15, 0.2) is 29.2 Å². The molecule has 1 aromatic rings. The van der Waals surface area contributed by atoms with Crippen LogP contribution in [-0.2, 0) is 14.8 Å². The van der Waals surface area contributed by atoms with Crippen molar-refractivity contribution >= 4 is 15.9 Å². The molecule has 1 aromatic carbocycles. The average molecular weight is 310 g/mol. The molecule has 6 heteroatoms. The van der Waals surface area contributed by atoms with Crippen LogP contribution in [0.25, 0.3) is 0 Å². The standard InChI is InChI=1S/C15H22N2O3S/c1-3-10-16-15(18)14-5-4-11-17(14)21(19,20)13-8-6-12(2)7-9-13/h6-9,14H,3-5,10-11H2,1-2H3,(H,16,18)/t14-/m0/s1. The molecule has 1 amide bonds. The number of nitrogens with one attached hydrogen (secondary N) is 1. The molecule has 1 heterocycles. The number of aryl methyl sites for hydroxylation is 1. The normalized spacial score (nSPS) is 19.6. The minimum absolute atomic E-state index is 0.190. The van der Waals surface area contributed by atoms with Crippen LogP contribution < -0.4 is 5.32 Å². The molecule has 0 radical (unpaired) electrons. The minimum Gasteiger partial charge on any atom is -0.355 e. The van der Waals surface area contributed by atoms with Crippen molar-refractivity contribution in [2.24, 2.45) is 0 Å². The molecule has 0 spiro atoms. The van der Waals surface area contributed by atoms with E-state index in [9.17, 15) is 13.2 Å². The Morgan fingerprint density at radius 2 is 2.00 bits per heavy atom. The fourth-order valence-electron chi connectivity index (χ4n) is 2.50. The number of rotatable bonds is 5. The topological polar surface area (TPSA) is 66.5 Å². The molecule has 1 N–H and O–H groups in total. The summed E-state index contributed by atoms with van der Waals surface area (Å²) in [6.07, 6.45) is 2.14. The molecule has 0 saturated carbocycles. The van der Waals surface area contributed by atoms with E-state index < -0.39 is 16.1 Å². The number of nitrogens with zero attached hydrogens (tertiary/aromatic N) is 1. The lowest BCUT2D eigenvalue weighted by atomic mass is 10.2. The third-order valence-electron chi connectivity index (χ3n) is 3.68. The Balaban J connectivity index is 2.22. The first kappa shape index (κ1) is 16.0. The molecule has 1 atom stereocenters. The molecule has 1 saturated heterocycles. The first-order valence-corrected chi connectivity index (χ1v) is 8.77. The highest BCUT2D eigenvalue weighted by Crippen LogP contribution is 2.26. The molecule has 0 aromatic heterocycles. The second-order valence-electron chi connectivity index (χ2n) is 5.38. The Kier molecular flexibility index (Phi) is 5.00. The summed E-state index contributed by atoms with van der Waals surface area (Å²) >= 11 is 0. The zero-order chi connectivity index (χ0) is 15.5. The number of benzene rings is 1. The third-order valence-corrected chi connectivity index (χ3v) is 5.61. The van der Waals surface area contributed by atoms with Crippen molar-refractivity contribution in [3.05, 3.63) is 29.8 Å². The maximum atomic E-state index is 12.7. The van der Waals surface area contributed by atoms with E-state index in [0.717, 1.165) is 18.4 Å². The van der Waals surface area contributed by atoms with E-state index in [2.05, 4.69) is 5.32 Å². The largest absolute Gasteiger partial charge is 0.355 e. The Morgan fingerprint density at radius 3 is 2.62 bits per heavy atom. The fraction of sp³-hybridized carbons (Fsp3) is 0.533. The van der Waals surface area contributed by atoms with Gasteiger partial charge in [0, 0.05) is 13.1 Å². The lowest BCUT2D eigenvalue weighted by molar-refractivity contribution is -0.124. The van der Waals surface area contributed by atoms with E-state index in [1.807, 2.05) is 13.8 Å². The second kappa shape index (κ2) is 6.58. The Bertz CT molecular complexity index is 596. The van der Waals surface area contributed by atoms with Gasteiger partial charge in [-0.2, -0.15) is 4.31 Å².